The van der Waals surface area contributed by atoms with Crippen LogP contribution < -0.4 is 10.6 Å². The zero-order valence-corrected chi connectivity index (χ0v) is 20.7. The van der Waals surface area contributed by atoms with Crippen LogP contribution in [0.4, 0.5) is 9.59 Å². The molecule has 12 heteroatoms. The molecule has 0 bridgehead atoms. The Morgan fingerprint density at radius 2 is 1.03 bits per heavy atom. The Morgan fingerprint density at radius 1 is 0.706 bits per heavy atom. The molecule has 0 aliphatic carbocycles. The first-order chi connectivity index (χ1) is 15.6. The number of hydrogen-bond acceptors (Lipinski definition) is 8. The van der Waals surface area contributed by atoms with Gasteiger partial charge in [-0.1, -0.05) is 0 Å². The molecule has 0 radical (unpaired) electrons. The lowest BCUT2D eigenvalue weighted by atomic mass is 10.0. The van der Waals surface area contributed by atoms with E-state index in [9.17, 15) is 19.2 Å². The molecule has 34 heavy (non-hydrogen) atoms. The summed E-state index contributed by atoms with van der Waals surface area (Å²) in [6.45, 7) is 11.3. The lowest BCUT2D eigenvalue weighted by Gasteiger charge is -2.29. The topological polar surface area (TPSA) is 170 Å². The molecule has 0 saturated carbocycles. The molecule has 2 fully saturated rings. The number of hydrogen-bond donors (Lipinski definition) is 4. The van der Waals surface area contributed by atoms with Gasteiger partial charge in [0.2, 0.25) is 0 Å². The van der Waals surface area contributed by atoms with Crippen molar-refractivity contribution in [3.05, 3.63) is 0 Å². The molecule has 0 aromatic rings. The Hall–Kier alpha value is -2.60. The van der Waals surface area contributed by atoms with Crippen molar-refractivity contribution >= 4 is 24.1 Å². The number of amides is 2. The number of carbonyl (C=O) groups excluding carboxylic acids is 2. The fraction of sp³-hybridized carbons (Fsp3) is 0.818. The molecule has 4 atom stereocenters. The number of ether oxygens (including phenoxy) is 4. The van der Waals surface area contributed by atoms with Crippen molar-refractivity contribution in [1.29, 1.82) is 0 Å². The summed E-state index contributed by atoms with van der Waals surface area (Å²) in [4.78, 5) is 44.5. The van der Waals surface area contributed by atoms with E-state index in [-0.39, 0.29) is 24.9 Å². The highest BCUT2D eigenvalue weighted by Crippen LogP contribution is 2.16. The van der Waals surface area contributed by atoms with Gasteiger partial charge in [-0.15, -0.1) is 0 Å². The van der Waals surface area contributed by atoms with Crippen molar-refractivity contribution < 1.29 is 48.3 Å². The van der Waals surface area contributed by atoms with E-state index in [4.69, 9.17) is 29.2 Å². The maximum Gasteiger partial charge on any atom is 0.407 e. The second kappa shape index (κ2) is 12.7. The van der Waals surface area contributed by atoms with Crippen LogP contribution in [-0.2, 0) is 28.5 Å². The Labute approximate surface area is 199 Å². The van der Waals surface area contributed by atoms with Crippen LogP contribution in [0, 0.1) is 0 Å². The summed E-state index contributed by atoms with van der Waals surface area (Å²) in [5, 5.41) is 22.9. The Kier molecular flexibility index (Phi) is 11.0. The van der Waals surface area contributed by atoms with Crippen LogP contribution in [0.2, 0.25) is 0 Å². The van der Waals surface area contributed by atoms with Gasteiger partial charge in [-0.2, -0.15) is 0 Å². The minimum atomic E-state index is -0.999. The van der Waals surface area contributed by atoms with Crippen molar-refractivity contribution in [1.82, 2.24) is 10.6 Å². The normalized spacial score (nSPS) is 25.1. The Morgan fingerprint density at radius 3 is 1.29 bits per heavy atom. The van der Waals surface area contributed by atoms with Crippen molar-refractivity contribution in [2.75, 3.05) is 13.2 Å². The van der Waals surface area contributed by atoms with Gasteiger partial charge < -0.3 is 39.8 Å². The van der Waals surface area contributed by atoms with Gasteiger partial charge in [0.25, 0.3) is 0 Å². The van der Waals surface area contributed by atoms with E-state index in [1.54, 1.807) is 41.5 Å². The van der Waals surface area contributed by atoms with Gasteiger partial charge in [0, 0.05) is 38.1 Å². The molecule has 2 rings (SSSR count). The van der Waals surface area contributed by atoms with E-state index in [0.29, 0.717) is 26.1 Å². The first-order valence-electron chi connectivity index (χ1n) is 11.2. The van der Waals surface area contributed by atoms with E-state index in [0.717, 1.165) is 0 Å². The molecule has 2 saturated heterocycles. The lowest BCUT2D eigenvalue weighted by molar-refractivity contribution is -0.154. The summed E-state index contributed by atoms with van der Waals surface area (Å²) >= 11 is 0. The van der Waals surface area contributed by atoms with E-state index in [1.807, 2.05) is 0 Å². The van der Waals surface area contributed by atoms with Gasteiger partial charge >= 0.3 is 24.1 Å². The predicted molar refractivity (Wildman–Crippen MR) is 120 cm³/mol. The average Bonchev–Trinajstić information content (AvgIpc) is 2.65. The fourth-order valence-corrected chi connectivity index (χ4v) is 3.15. The monoisotopic (exact) mass is 490 g/mol. The molecular weight excluding hydrogens is 452 g/mol. The Bertz CT molecular complexity index is 653. The molecule has 196 valence electrons. The van der Waals surface area contributed by atoms with Crippen LogP contribution in [0.1, 0.15) is 67.2 Å². The fourth-order valence-electron chi connectivity index (χ4n) is 3.15. The zero-order valence-electron chi connectivity index (χ0n) is 20.7. The minimum absolute atomic E-state index is 0.209. The number of nitrogens with one attached hydrogen (secondary N) is 2. The summed E-state index contributed by atoms with van der Waals surface area (Å²) in [6.07, 6.45) is -0.982. The molecule has 0 aromatic heterocycles. The van der Waals surface area contributed by atoms with Crippen LogP contribution in [-0.4, -0.2) is 83.0 Å². The van der Waals surface area contributed by atoms with Crippen molar-refractivity contribution in [2.24, 2.45) is 0 Å². The number of rotatable bonds is 4. The molecule has 2 heterocycles. The molecular formula is C22H38N2O10. The maximum absolute atomic E-state index is 11.5. The third-order valence-corrected chi connectivity index (χ3v) is 4.56. The minimum Gasteiger partial charge on any atom is -0.479 e. The Balaban J connectivity index is 0.000000340. The van der Waals surface area contributed by atoms with E-state index < -0.39 is 47.5 Å². The summed E-state index contributed by atoms with van der Waals surface area (Å²) in [7, 11) is 0. The number of carboxylic acids is 2. The van der Waals surface area contributed by atoms with Crippen LogP contribution in [0.5, 0.6) is 0 Å². The third kappa shape index (κ3) is 12.6. The largest absolute Gasteiger partial charge is 0.479 e. The summed E-state index contributed by atoms with van der Waals surface area (Å²) in [6, 6.07) is -0.417. The molecule has 12 nitrogen and oxygen atoms in total. The highest BCUT2D eigenvalue weighted by Gasteiger charge is 2.31. The van der Waals surface area contributed by atoms with Crippen molar-refractivity contribution in [3.63, 3.8) is 0 Å². The smallest absolute Gasteiger partial charge is 0.407 e. The summed E-state index contributed by atoms with van der Waals surface area (Å²) < 4.78 is 20.3. The molecule has 2 aliphatic heterocycles. The van der Waals surface area contributed by atoms with E-state index in [1.165, 1.54) is 0 Å². The molecule has 4 N–H and O–H groups in total. The van der Waals surface area contributed by atoms with Crippen LogP contribution >= 0.6 is 0 Å². The van der Waals surface area contributed by atoms with Crippen LogP contribution in [0.3, 0.4) is 0 Å². The second-order valence-corrected chi connectivity index (χ2v) is 10.1. The second-order valence-electron chi connectivity index (χ2n) is 10.1. The number of carboxylic acid groups (broad SMARTS) is 2. The highest BCUT2D eigenvalue weighted by molar-refractivity contribution is 5.73. The highest BCUT2D eigenvalue weighted by atomic mass is 16.6. The van der Waals surface area contributed by atoms with Crippen LogP contribution in [0.15, 0.2) is 0 Å². The van der Waals surface area contributed by atoms with Gasteiger partial charge in [-0.25, -0.2) is 19.2 Å². The predicted octanol–water partition coefficient (Wildman–Crippen LogP) is 2.29. The first-order valence-corrected chi connectivity index (χ1v) is 11.2. The molecule has 0 aromatic carbocycles. The van der Waals surface area contributed by atoms with Gasteiger partial charge in [0.15, 0.2) is 12.2 Å². The number of alkyl carbamates (subject to hydrolysis) is 2. The van der Waals surface area contributed by atoms with Crippen LogP contribution in [0.25, 0.3) is 0 Å². The lowest BCUT2D eigenvalue weighted by Crippen LogP contribution is -2.45. The first kappa shape index (κ1) is 29.4. The quantitative estimate of drug-likeness (QED) is 0.458. The molecule has 2 aliphatic rings. The third-order valence-electron chi connectivity index (χ3n) is 4.56. The summed E-state index contributed by atoms with van der Waals surface area (Å²) in [5.41, 5.74) is -1.11. The van der Waals surface area contributed by atoms with Gasteiger partial charge in [0.05, 0.1) is 0 Å². The summed E-state index contributed by atoms with van der Waals surface area (Å²) in [5.74, 6) is -2.00. The molecule has 2 amide bonds. The maximum atomic E-state index is 11.5. The average molecular weight is 491 g/mol. The van der Waals surface area contributed by atoms with Crippen molar-refractivity contribution in [3.8, 4) is 0 Å². The number of aliphatic carboxylic acids is 2. The van der Waals surface area contributed by atoms with E-state index >= 15 is 0 Å². The standard InChI is InChI=1S/2C11H19NO5/c2*1-11(2,3)17-10(15)12-7-4-5-16-8(6-7)9(13)14/h2*7-8H,4-6H2,1-3H3,(H,12,15)(H,13,14)/t2*7-,8+/m10/s1. The van der Waals surface area contributed by atoms with Crippen molar-refractivity contribution in [2.45, 2.75) is 103 Å². The zero-order chi connectivity index (χ0) is 26.1. The SMILES string of the molecule is CC(C)(C)OC(=O)N[C@@H]1CCO[C@H](C(=O)O)C1.CC(C)(C)OC(=O)N[C@H]1CCO[C@@H](C(=O)O)C1. The van der Waals surface area contributed by atoms with Gasteiger partial charge in [-0.3, -0.25) is 0 Å². The van der Waals surface area contributed by atoms with Gasteiger partial charge in [0.1, 0.15) is 11.2 Å². The number of carbonyl (C=O) groups is 4. The van der Waals surface area contributed by atoms with Gasteiger partial charge in [-0.05, 0) is 54.4 Å². The molecule has 0 spiro atoms. The van der Waals surface area contributed by atoms with E-state index in [2.05, 4.69) is 10.6 Å². The molecule has 0 unspecified atom stereocenters.